The quantitative estimate of drug-likeness (QED) is 0.912. The summed E-state index contributed by atoms with van der Waals surface area (Å²) in [4.78, 5) is 0. The molecular formula is C17H16F3NO. The van der Waals surface area contributed by atoms with E-state index in [0.29, 0.717) is 23.3 Å². The predicted molar refractivity (Wildman–Crippen MR) is 78.8 cm³/mol. The molecule has 5 heteroatoms. The van der Waals surface area contributed by atoms with Crippen LogP contribution in [0, 0.1) is 6.92 Å². The van der Waals surface area contributed by atoms with Crippen LogP contribution in [0.15, 0.2) is 36.4 Å². The van der Waals surface area contributed by atoms with Gasteiger partial charge in [0.15, 0.2) is 0 Å². The Labute approximate surface area is 126 Å². The normalized spacial score (nSPS) is 17.2. The molecule has 0 saturated heterocycles. The molecule has 1 heterocycles. The van der Waals surface area contributed by atoms with Gasteiger partial charge in [0.2, 0.25) is 0 Å². The lowest BCUT2D eigenvalue weighted by molar-refractivity contribution is -0.137. The standard InChI is InChI=1S/C17H16F3NO/c1-10-4-2-3-5-14(10)15-8-12(17(18,19)20)6-11-7-13(9-21)22-16(11)15/h2-6,8,13H,7,9,21H2,1H3. The average Bonchev–Trinajstić information content (AvgIpc) is 2.89. The highest BCUT2D eigenvalue weighted by Gasteiger charge is 2.35. The third-order valence-electron chi connectivity index (χ3n) is 3.92. The highest BCUT2D eigenvalue weighted by molar-refractivity contribution is 5.76. The summed E-state index contributed by atoms with van der Waals surface area (Å²) in [6.07, 6.45) is -4.23. The fourth-order valence-electron chi connectivity index (χ4n) is 2.80. The largest absolute Gasteiger partial charge is 0.488 e. The number of rotatable bonds is 2. The molecule has 0 aromatic heterocycles. The molecular weight excluding hydrogens is 291 g/mol. The Morgan fingerprint density at radius 3 is 2.55 bits per heavy atom. The number of hydrogen-bond acceptors (Lipinski definition) is 2. The van der Waals surface area contributed by atoms with Crippen LogP contribution in [0.3, 0.4) is 0 Å². The van der Waals surface area contributed by atoms with Crippen molar-refractivity contribution in [1.29, 1.82) is 0 Å². The third kappa shape index (κ3) is 2.57. The Kier molecular flexibility index (Phi) is 3.60. The number of alkyl halides is 3. The van der Waals surface area contributed by atoms with Crippen LogP contribution in [0.2, 0.25) is 0 Å². The first-order valence-corrected chi connectivity index (χ1v) is 7.07. The van der Waals surface area contributed by atoms with Crippen molar-refractivity contribution in [3.63, 3.8) is 0 Å². The van der Waals surface area contributed by atoms with Gasteiger partial charge in [0, 0.05) is 18.5 Å². The van der Waals surface area contributed by atoms with E-state index in [2.05, 4.69) is 0 Å². The molecule has 0 spiro atoms. The lowest BCUT2D eigenvalue weighted by Gasteiger charge is -2.15. The first-order chi connectivity index (χ1) is 10.4. The number of aryl methyl sites for hydroxylation is 1. The van der Waals surface area contributed by atoms with Crippen molar-refractivity contribution in [2.45, 2.75) is 25.6 Å². The van der Waals surface area contributed by atoms with E-state index in [1.807, 2.05) is 31.2 Å². The van der Waals surface area contributed by atoms with Crippen LogP contribution in [-0.4, -0.2) is 12.6 Å². The van der Waals surface area contributed by atoms with E-state index in [0.717, 1.165) is 11.1 Å². The van der Waals surface area contributed by atoms with Gasteiger partial charge in [0.1, 0.15) is 11.9 Å². The fraction of sp³-hybridized carbons (Fsp3) is 0.294. The van der Waals surface area contributed by atoms with E-state index in [1.54, 1.807) is 0 Å². The van der Waals surface area contributed by atoms with Crippen molar-refractivity contribution < 1.29 is 17.9 Å². The third-order valence-corrected chi connectivity index (χ3v) is 3.92. The summed E-state index contributed by atoms with van der Waals surface area (Å²) in [7, 11) is 0. The van der Waals surface area contributed by atoms with Gasteiger partial charge in [-0.15, -0.1) is 0 Å². The van der Waals surface area contributed by atoms with E-state index < -0.39 is 11.7 Å². The average molecular weight is 307 g/mol. The highest BCUT2D eigenvalue weighted by atomic mass is 19.4. The fourth-order valence-corrected chi connectivity index (χ4v) is 2.80. The van der Waals surface area contributed by atoms with Crippen molar-refractivity contribution in [2.24, 2.45) is 5.73 Å². The maximum absolute atomic E-state index is 13.2. The molecule has 116 valence electrons. The van der Waals surface area contributed by atoms with Gasteiger partial charge in [-0.05, 0) is 35.7 Å². The molecule has 3 rings (SSSR count). The number of halogens is 3. The van der Waals surface area contributed by atoms with Crippen molar-refractivity contribution >= 4 is 0 Å². The van der Waals surface area contributed by atoms with Crippen LogP contribution in [0.4, 0.5) is 13.2 Å². The molecule has 2 aromatic rings. The van der Waals surface area contributed by atoms with Crippen LogP contribution in [-0.2, 0) is 12.6 Å². The second-order valence-electron chi connectivity index (χ2n) is 5.50. The SMILES string of the molecule is Cc1ccccc1-c1cc(C(F)(F)F)cc2c1OC(CN)C2. The first-order valence-electron chi connectivity index (χ1n) is 7.07. The maximum Gasteiger partial charge on any atom is 0.416 e. The van der Waals surface area contributed by atoms with Gasteiger partial charge in [-0.3, -0.25) is 0 Å². The molecule has 1 unspecified atom stereocenters. The summed E-state index contributed by atoms with van der Waals surface area (Å²) < 4.78 is 45.3. The summed E-state index contributed by atoms with van der Waals surface area (Å²) in [6.45, 7) is 2.15. The molecule has 2 nitrogen and oxygen atoms in total. The van der Waals surface area contributed by atoms with Crippen LogP contribution < -0.4 is 10.5 Å². The zero-order valence-electron chi connectivity index (χ0n) is 12.1. The summed E-state index contributed by atoms with van der Waals surface area (Å²) in [5.41, 5.74) is 7.68. The van der Waals surface area contributed by atoms with Crippen LogP contribution in [0.5, 0.6) is 5.75 Å². The van der Waals surface area contributed by atoms with Gasteiger partial charge >= 0.3 is 6.18 Å². The second-order valence-corrected chi connectivity index (χ2v) is 5.50. The Morgan fingerprint density at radius 2 is 1.91 bits per heavy atom. The van der Waals surface area contributed by atoms with Gasteiger partial charge in [-0.25, -0.2) is 0 Å². The Hall–Kier alpha value is -2.01. The molecule has 2 N–H and O–H groups in total. The molecule has 1 aliphatic heterocycles. The lowest BCUT2D eigenvalue weighted by Crippen LogP contribution is -2.24. The van der Waals surface area contributed by atoms with Gasteiger partial charge in [-0.1, -0.05) is 24.3 Å². The van der Waals surface area contributed by atoms with E-state index in [-0.39, 0.29) is 12.6 Å². The van der Waals surface area contributed by atoms with Crippen molar-refractivity contribution in [3.05, 3.63) is 53.1 Å². The zero-order valence-corrected chi connectivity index (χ0v) is 12.1. The maximum atomic E-state index is 13.2. The van der Waals surface area contributed by atoms with E-state index in [9.17, 15) is 13.2 Å². The molecule has 0 bridgehead atoms. The molecule has 1 atom stereocenters. The van der Waals surface area contributed by atoms with E-state index in [1.165, 1.54) is 12.1 Å². The predicted octanol–water partition coefficient (Wildman–Crippen LogP) is 3.94. The Morgan fingerprint density at radius 1 is 1.18 bits per heavy atom. The van der Waals surface area contributed by atoms with E-state index >= 15 is 0 Å². The molecule has 0 amide bonds. The lowest BCUT2D eigenvalue weighted by atomic mass is 9.94. The molecule has 0 aliphatic carbocycles. The van der Waals surface area contributed by atoms with E-state index in [4.69, 9.17) is 10.5 Å². The van der Waals surface area contributed by atoms with Gasteiger partial charge in [0.25, 0.3) is 0 Å². The molecule has 1 aliphatic rings. The Bertz CT molecular complexity index is 710. The minimum Gasteiger partial charge on any atom is -0.488 e. The minimum atomic E-state index is -4.38. The van der Waals surface area contributed by atoms with Crippen LogP contribution in [0.25, 0.3) is 11.1 Å². The van der Waals surface area contributed by atoms with Gasteiger partial charge < -0.3 is 10.5 Å². The van der Waals surface area contributed by atoms with Gasteiger partial charge in [-0.2, -0.15) is 13.2 Å². The van der Waals surface area contributed by atoms with Crippen molar-refractivity contribution in [1.82, 2.24) is 0 Å². The van der Waals surface area contributed by atoms with Crippen molar-refractivity contribution in [2.75, 3.05) is 6.54 Å². The summed E-state index contributed by atoms with van der Waals surface area (Å²) in [5, 5.41) is 0. The van der Waals surface area contributed by atoms with Crippen molar-refractivity contribution in [3.8, 4) is 16.9 Å². The number of nitrogens with two attached hydrogens (primary N) is 1. The molecule has 22 heavy (non-hydrogen) atoms. The molecule has 2 aromatic carbocycles. The topological polar surface area (TPSA) is 35.2 Å². The number of fused-ring (bicyclic) bond motifs is 1. The zero-order chi connectivity index (χ0) is 15.9. The number of benzene rings is 2. The number of ether oxygens (including phenoxy) is 1. The molecule has 0 saturated carbocycles. The molecule has 0 radical (unpaired) electrons. The summed E-state index contributed by atoms with van der Waals surface area (Å²) in [5.74, 6) is 0.526. The van der Waals surface area contributed by atoms with Crippen LogP contribution >= 0.6 is 0 Å². The smallest absolute Gasteiger partial charge is 0.416 e. The van der Waals surface area contributed by atoms with Gasteiger partial charge in [0.05, 0.1) is 5.56 Å². The monoisotopic (exact) mass is 307 g/mol. The summed E-state index contributed by atoms with van der Waals surface area (Å²) in [6, 6.07) is 9.69. The van der Waals surface area contributed by atoms with Crippen LogP contribution in [0.1, 0.15) is 16.7 Å². The first kappa shape index (κ1) is 14.9. The Balaban J connectivity index is 2.21. The second kappa shape index (κ2) is 5.32. The number of hydrogen-bond donors (Lipinski definition) is 1. The summed E-state index contributed by atoms with van der Waals surface area (Å²) >= 11 is 0. The highest BCUT2D eigenvalue weighted by Crippen LogP contribution is 2.44. The minimum absolute atomic E-state index is 0.263. The molecule has 0 fully saturated rings.